The van der Waals surface area contributed by atoms with Crippen LogP contribution >= 0.6 is 11.8 Å². The minimum absolute atomic E-state index is 0.265. The summed E-state index contributed by atoms with van der Waals surface area (Å²) in [5, 5.41) is 9.47. The lowest BCUT2D eigenvalue weighted by molar-refractivity contribution is -0.142. The summed E-state index contributed by atoms with van der Waals surface area (Å²) < 4.78 is 49.9. The molecule has 2 heterocycles. The van der Waals surface area contributed by atoms with Gasteiger partial charge in [-0.3, -0.25) is 9.69 Å². The third-order valence-corrected chi connectivity index (χ3v) is 6.79. The maximum atomic E-state index is 12.8. The van der Waals surface area contributed by atoms with E-state index in [-0.39, 0.29) is 5.89 Å². The standard InChI is InChI=1S/C25H25F3N2O4S/c1-16-21(29-23(34-16)18-5-7-19(8-6-18)25(26,27)28)9-11-33-20-4-2-3-17(13-20)14-30-10-12-35-15-22(30)24(31)32/h2-8,13,22H,9-12,14-15H2,1H3,(H,31,32). The number of benzene rings is 2. The van der Waals surface area contributed by atoms with Gasteiger partial charge < -0.3 is 14.3 Å². The number of nitrogens with zero attached hydrogens (tertiary/aromatic N) is 2. The molecular formula is C25H25F3N2O4S. The van der Waals surface area contributed by atoms with Crippen LogP contribution in [-0.4, -0.2) is 51.7 Å². The van der Waals surface area contributed by atoms with Crippen molar-refractivity contribution in [1.82, 2.24) is 9.88 Å². The molecule has 4 rings (SSSR count). The largest absolute Gasteiger partial charge is 0.493 e. The monoisotopic (exact) mass is 506 g/mol. The van der Waals surface area contributed by atoms with Crippen LogP contribution in [0.25, 0.3) is 11.5 Å². The number of thioether (sulfide) groups is 1. The number of aliphatic carboxylic acids is 1. The summed E-state index contributed by atoms with van der Waals surface area (Å²) in [4.78, 5) is 17.9. The van der Waals surface area contributed by atoms with Gasteiger partial charge in [0.05, 0.1) is 17.9 Å². The van der Waals surface area contributed by atoms with E-state index in [2.05, 4.69) is 4.98 Å². The van der Waals surface area contributed by atoms with Gasteiger partial charge in [-0.2, -0.15) is 24.9 Å². The molecule has 35 heavy (non-hydrogen) atoms. The van der Waals surface area contributed by atoms with Crippen LogP contribution in [-0.2, 0) is 23.9 Å². The highest BCUT2D eigenvalue weighted by Gasteiger charge is 2.30. The Hall–Kier alpha value is -2.98. The van der Waals surface area contributed by atoms with Crippen molar-refractivity contribution in [3.63, 3.8) is 0 Å². The Bertz CT molecular complexity index is 1160. The molecule has 1 atom stereocenters. The first-order chi connectivity index (χ1) is 16.7. The van der Waals surface area contributed by atoms with Gasteiger partial charge in [0.2, 0.25) is 5.89 Å². The molecule has 2 aromatic carbocycles. The summed E-state index contributed by atoms with van der Waals surface area (Å²) in [6, 6.07) is 11.8. The molecule has 0 saturated carbocycles. The van der Waals surface area contributed by atoms with Crippen molar-refractivity contribution in [2.24, 2.45) is 0 Å². The van der Waals surface area contributed by atoms with Crippen LogP contribution in [0.5, 0.6) is 5.75 Å². The van der Waals surface area contributed by atoms with Crippen molar-refractivity contribution < 1.29 is 32.2 Å². The van der Waals surface area contributed by atoms with Gasteiger partial charge in [0.1, 0.15) is 17.6 Å². The van der Waals surface area contributed by atoms with Gasteiger partial charge in [0.15, 0.2) is 0 Å². The number of carboxylic acid groups (broad SMARTS) is 1. The smallest absolute Gasteiger partial charge is 0.416 e. The normalized spacial score (nSPS) is 16.9. The summed E-state index contributed by atoms with van der Waals surface area (Å²) in [6.07, 6.45) is -3.93. The third-order valence-electron chi connectivity index (χ3n) is 5.77. The number of carbonyl (C=O) groups is 1. The summed E-state index contributed by atoms with van der Waals surface area (Å²) >= 11 is 1.65. The minimum atomic E-state index is -4.39. The Morgan fingerprint density at radius 1 is 1.26 bits per heavy atom. The molecule has 186 valence electrons. The number of hydrogen-bond acceptors (Lipinski definition) is 6. The molecule has 3 aromatic rings. The Kier molecular flexibility index (Phi) is 7.71. The summed E-state index contributed by atoms with van der Waals surface area (Å²) in [7, 11) is 0. The van der Waals surface area contributed by atoms with E-state index in [4.69, 9.17) is 9.15 Å². The van der Waals surface area contributed by atoms with Gasteiger partial charge in [-0.05, 0) is 48.9 Å². The second-order valence-electron chi connectivity index (χ2n) is 8.24. The quantitative estimate of drug-likeness (QED) is 0.445. The van der Waals surface area contributed by atoms with E-state index in [1.165, 1.54) is 12.1 Å². The van der Waals surface area contributed by atoms with Gasteiger partial charge in [-0.15, -0.1) is 0 Å². The van der Waals surface area contributed by atoms with Gasteiger partial charge in [0.25, 0.3) is 0 Å². The maximum absolute atomic E-state index is 12.8. The number of oxazole rings is 1. The lowest BCUT2D eigenvalue weighted by Crippen LogP contribution is -2.46. The van der Waals surface area contributed by atoms with Crippen LogP contribution in [0.1, 0.15) is 22.6 Å². The van der Waals surface area contributed by atoms with E-state index in [1.807, 2.05) is 29.2 Å². The zero-order chi connectivity index (χ0) is 25.0. The van der Waals surface area contributed by atoms with E-state index < -0.39 is 23.8 Å². The second kappa shape index (κ2) is 10.7. The van der Waals surface area contributed by atoms with E-state index in [0.29, 0.717) is 48.1 Å². The molecule has 1 aromatic heterocycles. The molecule has 6 nitrogen and oxygen atoms in total. The van der Waals surface area contributed by atoms with Crippen LogP contribution in [0.15, 0.2) is 52.9 Å². The molecule has 0 bridgehead atoms. The SMILES string of the molecule is Cc1oc(-c2ccc(C(F)(F)F)cc2)nc1CCOc1cccc(CN2CCSCC2C(=O)O)c1. The number of ether oxygens (including phenoxy) is 1. The first kappa shape index (κ1) is 25.1. The zero-order valence-electron chi connectivity index (χ0n) is 19.0. The van der Waals surface area contributed by atoms with Crippen molar-refractivity contribution in [2.45, 2.75) is 32.1 Å². The molecule has 0 aliphatic carbocycles. The summed E-state index contributed by atoms with van der Waals surface area (Å²) in [6.45, 7) is 3.35. The predicted octanol–water partition coefficient (Wildman–Crippen LogP) is 5.29. The second-order valence-corrected chi connectivity index (χ2v) is 9.39. The maximum Gasteiger partial charge on any atom is 0.416 e. The fourth-order valence-electron chi connectivity index (χ4n) is 3.87. The zero-order valence-corrected chi connectivity index (χ0v) is 19.9. The van der Waals surface area contributed by atoms with Crippen molar-refractivity contribution in [3.05, 3.63) is 71.1 Å². The van der Waals surface area contributed by atoms with Gasteiger partial charge in [-0.25, -0.2) is 4.98 Å². The van der Waals surface area contributed by atoms with E-state index in [9.17, 15) is 23.1 Å². The van der Waals surface area contributed by atoms with Gasteiger partial charge in [0, 0.05) is 36.6 Å². The lowest BCUT2D eigenvalue weighted by Gasteiger charge is -2.32. The van der Waals surface area contributed by atoms with E-state index in [0.717, 1.165) is 30.0 Å². The van der Waals surface area contributed by atoms with Crippen LogP contribution in [0.2, 0.25) is 0 Å². The van der Waals surface area contributed by atoms with Crippen LogP contribution in [0.3, 0.4) is 0 Å². The average Bonchev–Trinajstić information content (AvgIpc) is 3.19. The summed E-state index contributed by atoms with van der Waals surface area (Å²) in [5.74, 6) is 2.21. The third kappa shape index (κ3) is 6.37. The number of aromatic nitrogens is 1. The number of hydrogen-bond donors (Lipinski definition) is 1. The van der Waals surface area contributed by atoms with Crippen molar-refractivity contribution in [3.8, 4) is 17.2 Å². The average molecular weight is 507 g/mol. The first-order valence-electron chi connectivity index (χ1n) is 11.1. The van der Waals surface area contributed by atoms with Gasteiger partial charge in [-0.1, -0.05) is 12.1 Å². The number of carboxylic acids is 1. The molecule has 0 amide bonds. The van der Waals surface area contributed by atoms with Gasteiger partial charge >= 0.3 is 12.1 Å². The Balaban J connectivity index is 1.35. The highest BCUT2D eigenvalue weighted by molar-refractivity contribution is 7.99. The highest BCUT2D eigenvalue weighted by Crippen LogP contribution is 2.31. The molecule has 1 N–H and O–H groups in total. The van der Waals surface area contributed by atoms with Crippen molar-refractivity contribution in [2.75, 3.05) is 24.7 Å². The Labute approximate surface area is 205 Å². The molecular weight excluding hydrogens is 481 g/mol. The molecule has 1 aliphatic heterocycles. The molecule has 1 fully saturated rings. The number of alkyl halides is 3. The lowest BCUT2D eigenvalue weighted by atomic mass is 10.1. The van der Waals surface area contributed by atoms with Crippen LogP contribution in [0, 0.1) is 6.92 Å². The molecule has 1 unspecified atom stereocenters. The predicted molar refractivity (Wildman–Crippen MR) is 126 cm³/mol. The highest BCUT2D eigenvalue weighted by atomic mass is 32.2. The molecule has 0 radical (unpaired) electrons. The Morgan fingerprint density at radius 3 is 2.74 bits per heavy atom. The molecule has 1 aliphatic rings. The van der Waals surface area contributed by atoms with Crippen LogP contribution < -0.4 is 4.74 Å². The fraction of sp³-hybridized carbons (Fsp3) is 0.360. The van der Waals surface area contributed by atoms with E-state index in [1.54, 1.807) is 18.7 Å². The molecule has 0 spiro atoms. The minimum Gasteiger partial charge on any atom is -0.493 e. The summed E-state index contributed by atoms with van der Waals surface area (Å²) in [5.41, 5.74) is 1.39. The van der Waals surface area contributed by atoms with Crippen molar-refractivity contribution in [1.29, 1.82) is 0 Å². The number of halogens is 3. The fourth-order valence-corrected chi connectivity index (χ4v) is 4.98. The number of rotatable bonds is 8. The topological polar surface area (TPSA) is 75.8 Å². The van der Waals surface area contributed by atoms with E-state index >= 15 is 0 Å². The Morgan fingerprint density at radius 2 is 2.03 bits per heavy atom. The molecule has 1 saturated heterocycles. The van der Waals surface area contributed by atoms with Crippen molar-refractivity contribution >= 4 is 17.7 Å². The number of aryl methyl sites for hydroxylation is 1. The molecule has 10 heteroatoms. The van der Waals surface area contributed by atoms with Crippen LogP contribution in [0.4, 0.5) is 13.2 Å². The first-order valence-corrected chi connectivity index (χ1v) is 12.3.